The highest BCUT2D eigenvalue weighted by molar-refractivity contribution is 5.77. The average Bonchev–Trinajstić information content (AvgIpc) is 2.55. The number of rotatable bonds is 4. The van der Waals surface area contributed by atoms with Gasteiger partial charge in [0, 0.05) is 17.5 Å². The van der Waals surface area contributed by atoms with Crippen molar-refractivity contribution in [1.29, 1.82) is 0 Å². The molecule has 0 radical (unpaired) electrons. The zero-order chi connectivity index (χ0) is 13.3. The molecule has 1 fully saturated rings. The van der Waals surface area contributed by atoms with Crippen LogP contribution in [0.5, 0.6) is 0 Å². The van der Waals surface area contributed by atoms with Gasteiger partial charge in [0.15, 0.2) is 0 Å². The number of carbonyl (C=O) groups excluding carboxylic acids is 1. The Morgan fingerprint density at radius 2 is 2.22 bits per heavy atom. The van der Waals surface area contributed by atoms with Crippen LogP contribution in [-0.2, 0) is 4.79 Å². The lowest BCUT2D eigenvalue weighted by Crippen LogP contribution is -2.50. The highest BCUT2D eigenvalue weighted by atomic mass is 16.3. The molecule has 1 amide bonds. The lowest BCUT2D eigenvalue weighted by molar-refractivity contribution is -0.123. The van der Waals surface area contributed by atoms with Crippen LogP contribution in [0.3, 0.4) is 0 Å². The fourth-order valence-corrected chi connectivity index (χ4v) is 2.58. The molecule has 1 aliphatic rings. The maximum Gasteiger partial charge on any atom is 0.222 e. The van der Waals surface area contributed by atoms with E-state index in [0.717, 1.165) is 36.3 Å². The maximum atomic E-state index is 11.9. The highest BCUT2D eigenvalue weighted by Crippen LogP contribution is 2.32. The summed E-state index contributed by atoms with van der Waals surface area (Å²) in [6.45, 7) is 5.80. The summed E-state index contributed by atoms with van der Waals surface area (Å²) in [6.07, 6.45) is 3.48. The van der Waals surface area contributed by atoms with E-state index < -0.39 is 0 Å². The van der Waals surface area contributed by atoms with Crippen molar-refractivity contribution in [3.05, 3.63) is 23.2 Å². The second-order valence-electron chi connectivity index (χ2n) is 5.55. The van der Waals surface area contributed by atoms with Gasteiger partial charge in [-0.15, -0.1) is 0 Å². The number of aryl methyl sites for hydroxylation is 2. The van der Waals surface area contributed by atoms with Gasteiger partial charge in [-0.05, 0) is 46.1 Å². The molecule has 1 heterocycles. The van der Waals surface area contributed by atoms with Crippen molar-refractivity contribution in [3.8, 4) is 0 Å². The fraction of sp³-hybridized carbons (Fsp3) is 0.643. The van der Waals surface area contributed by atoms with E-state index in [4.69, 9.17) is 10.2 Å². The molecule has 1 aromatic rings. The second kappa shape index (κ2) is 4.76. The van der Waals surface area contributed by atoms with Crippen molar-refractivity contribution in [2.75, 3.05) is 0 Å². The van der Waals surface area contributed by atoms with Crippen molar-refractivity contribution in [1.82, 2.24) is 5.32 Å². The summed E-state index contributed by atoms with van der Waals surface area (Å²) in [5.41, 5.74) is 6.86. The van der Waals surface area contributed by atoms with Gasteiger partial charge in [0.1, 0.15) is 11.5 Å². The molecule has 4 nitrogen and oxygen atoms in total. The number of nitrogens with two attached hydrogens (primary N) is 1. The van der Waals surface area contributed by atoms with Gasteiger partial charge in [0.2, 0.25) is 5.91 Å². The molecule has 100 valence electrons. The van der Waals surface area contributed by atoms with E-state index in [1.165, 1.54) is 0 Å². The summed E-state index contributed by atoms with van der Waals surface area (Å²) in [4.78, 5) is 11.9. The smallest absolute Gasteiger partial charge is 0.222 e. The Balaban J connectivity index is 1.92. The van der Waals surface area contributed by atoms with Crippen LogP contribution in [0.2, 0.25) is 0 Å². The summed E-state index contributed by atoms with van der Waals surface area (Å²) in [6, 6.07) is 1.94. The van der Waals surface area contributed by atoms with E-state index in [2.05, 4.69) is 5.32 Å². The third-order valence-corrected chi connectivity index (χ3v) is 3.79. The van der Waals surface area contributed by atoms with Crippen LogP contribution >= 0.6 is 0 Å². The van der Waals surface area contributed by atoms with Gasteiger partial charge in [-0.25, -0.2) is 0 Å². The maximum absolute atomic E-state index is 11.9. The summed E-state index contributed by atoms with van der Waals surface area (Å²) < 4.78 is 5.47. The van der Waals surface area contributed by atoms with Crippen molar-refractivity contribution < 1.29 is 9.21 Å². The third kappa shape index (κ3) is 2.75. The van der Waals surface area contributed by atoms with Gasteiger partial charge in [0.25, 0.3) is 0 Å². The van der Waals surface area contributed by atoms with Crippen molar-refractivity contribution >= 4 is 5.91 Å². The van der Waals surface area contributed by atoms with Crippen molar-refractivity contribution in [2.24, 2.45) is 5.73 Å². The lowest BCUT2D eigenvalue weighted by Gasteiger charge is -2.37. The zero-order valence-electron chi connectivity index (χ0n) is 11.4. The molecule has 1 saturated carbocycles. The molecule has 0 spiro atoms. The molecular formula is C14H22N2O2. The standard InChI is InChI=1S/C14H22N2O2/c1-9-7-12(11(3)18-9)10(2)16-13(17)8-14(15)5-4-6-14/h7,10H,4-6,8,15H2,1-3H3,(H,16,17). The Bertz CT molecular complexity index is 447. The van der Waals surface area contributed by atoms with Gasteiger partial charge >= 0.3 is 0 Å². The van der Waals surface area contributed by atoms with E-state index in [0.29, 0.717) is 6.42 Å². The molecule has 18 heavy (non-hydrogen) atoms. The second-order valence-corrected chi connectivity index (χ2v) is 5.55. The molecule has 0 saturated heterocycles. The predicted molar refractivity (Wildman–Crippen MR) is 70.1 cm³/mol. The molecule has 4 heteroatoms. The molecule has 0 aliphatic heterocycles. The number of hydrogen-bond donors (Lipinski definition) is 2. The molecule has 0 aromatic carbocycles. The predicted octanol–water partition coefficient (Wildman–Crippen LogP) is 2.35. The average molecular weight is 250 g/mol. The molecule has 0 bridgehead atoms. The van der Waals surface area contributed by atoms with Crippen LogP contribution in [0.15, 0.2) is 10.5 Å². The first-order valence-corrected chi connectivity index (χ1v) is 6.55. The Morgan fingerprint density at radius 3 is 2.67 bits per heavy atom. The number of furan rings is 1. The molecule has 1 aromatic heterocycles. The fourth-order valence-electron chi connectivity index (χ4n) is 2.58. The van der Waals surface area contributed by atoms with Gasteiger partial charge in [-0.3, -0.25) is 4.79 Å². The highest BCUT2D eigenvalue weighted by Gasteiger charge is 2.34. The first kappa shape index (κ1) is 13.1. The van der Waals surface area contributed by atoms with E-state index in [1.54, 1.807) is 0 Å². The van der Waals surface area contributed by atoms with Gasteiger partial charge < -0.3 is 15.5 Å². The van der Waals surface area contributed by atoms with Crippen molar-refractivity contribution in [3.63, 3.8) is 0 Å². The SMILES string of the molecule is Cc1cc(C(C)NC(=O)CC2(N)CCC2)c(C)o1. The van der Waals surface area contributed by atoms with E-state index >= 15 is 0 Å². The van der Waals surface area contributed by atoms with Crippen LogP contribution in [0.1, 0.15) is 55.7 Å². The minimum Gasteiger partial charge on any atom is -0.466 e. The van der Waals surface area contributed by atoms with E-state index in [-0.39, 0.29) is 17.5 Å². The largest absolute Gasteiger partial charge is 0.466 e. The van der Waals surface area contributed by atoms with Gasteiger partial charge in [0.05, 0.1) is 6.04 Å². The van der Waals surface area contributed by atoms with Crippen LogP contribution in [0.4, 0.5) is 0 Å². The first-order chi connectivity index (χ1) is 8.39. The quantitative estimate of drug-likeness (QED) is 0.861. The molecule has 1 unspecified atom stereocenters. The first-order valence-electron chi connectivity index (χ1n) is 6.55. The minimum absolute atomic E-state index is 0.0290. The molecule has 2 rings (SSSR count). The van der Waals surface area contributed by atoms with E-state index in [1.807, 2.05) is 26.8 Å². The Kier molecular flexibility index (Phi) is 3.48. The van der Waals surface area contributed by atoms with Gasteiger partial charge in [-0.2, -0.15) is 0 Å². The number of nitrogens with one attached hydrogen (secondary N) is 1. The zero-order valence-corrected chi connectivity index (χ0v) is 11.4. The Morgan fingerprint density at radius 1 is 1.56 bits per heavy atom. The van der Waals surface area contributed by atoms with Crippen LogP contribution in [-0.4, -0.2) is 11.4 Å². The summed E-state index contributed by atoms with van der Waals surface area (Å²) in [7, 11) is 0. The number of amides is 1. The molecule has 1 aliphatic carbocycles. The molecule has 3 N–H and O–H groups in total. The topological polar surface area (TPSA) is 68.3 Å². The van der Waals surface area contributed by atoms with Crippen LogP contribution < -0.4 is 11.1 Å². The van der Waals surface area contributed by atoms with Crippen LogP contribution in [0, 0.1) is 13.8 Å². The molecular weight excluding hydrogens is 228 g/mol. The van der Waals surface area contributed by atoms with Crippen LogP contribution in [0.25, 0.3) is 0 Å². The van der Waals surface area contributed by atoms with E-state index in [9.17, 15) is 4.79 Å². The summed E-state index contributed by atoms with van der Waals surface area (Å²) >= 11 is 0. The number of carbonyl (C=O) groups is 1. The van der Waals surface area contributed by atoms with Crippen molar-refractivity contribution in [2.45, 2.75) is 58.0 Å². The minimum atomic E-state index is -0.259. The number of hydrogen-bond acceptors (Lipinski definition) is 3. The Labute approximate surface area is 108 Å². The monoisotopic (exact) mass is 250 g/mol. The Hall–Kier alpha value is -1.29. The summed E-state index contributed by atoms with van der Waals surface area (Å²) in [5.74, 6) is 1.77. The molecule has 1 atom stereocenters. The van der Waals surface area contributed by atoms with Gasteiger partial charge in [-0.1, -0.05) is 0 Å². The third-order valence-electron chi connectivity index (χ3n) is 3.79. The summed E-state index contributed by atoms with van der Waals surface area (Å²) in [5, 5.41) is 3.00. The lowest BCUT2D eigenvalue weighted by atomic mass is 9.75. The normalized spacial score (nSPS) is 19.1.